The SMILES string of the molecule is CC1C=CN(C)CC1. The Balaban J connectivity index is 2.42. The lowest BCUT2D eigenvalue weighted by Gasteiger charge is -2.20. The summed E-state index contributed by atoms with van der Waals surface area (Å²) in [4.78, 5) is 2.22. The van der Waals surface area contributed by atoms with Crippen LogP contribution in [0.4, 0.5) is 0 Å². The van der Waals surface area contributed by atoms with Gasteiger partial charge in [0.15, 0.2) is 0 Å². The monoisotopic (exact) mass is 111 g/mol. The van der Waals surface area contributed by atoms with Gasteiger partial charge in [-0.2, -0.15) is 0 Å². The van der Waals surface area contributed by atoms with E-state index in [1.807, 2.05) is 0 Å². The number of rotatable bonds is 0. The van der Waals surface area contributed by atoms with Gasteiger partial charge in [0.05, 0.1) is 0 Å². The molecule has 0 radical (unpaired) electrons. The van der Waals surface area contributed by atoms with E-state index in [0.29, 0.717) is 0 Å². The zero-order valence-electron chi connectivity index (χ0n) is 5.59. The summed E-state index contributed by atoms with van der Waals surface area (Å²) in [6.45, 7) is 3.47. The Labute approximate surface area is 51.0 Å². The van der Waals surface area contributed by atoms with Crippen LogP contribution in [0, 0.1) is 5.92 Å². The second-order valence-corrected chi connectivity index (χ2v) is 2.59. The molecule has 1 nitrogen and oxygen atoms in total. The Morgan fingerprint density at radius 2 is 2.38 bits per heavy atom. The summed E-state index contributed by atoms with van der Waals surface area (Å²) in [7, 11) is 2.11. The first-order chi connectivity index (χ1) is 3.79. The lowest BCUT2D eigenvalue weighted by Crippen LogP contribution is -2.18. The van der Waals surface area contributed by atoms with Gasteiger partial charge in [0.25, 0.3) is 0 Å². The van der Waals surface area contributed by atoms with Crippen LogP contribution in [0.2, 0.25) is 0 Å². The first-order valence-corrected chi connectivity index (χ1v) is 3.17. The number of allylic oxidation sites excluding steroid dienone is 1. The molecule has 0 aromatic heterocycles. The van der Waals surface area contributed by atoms with Crippen LogP contribution in [0.1, 0.15) is 13.3 Å². The lowest BCUT2D eigenvalue weighted by atomic mass is 10.1. The van der Waals surface area contributed by atoms with E-state index in [4.69, 9.17) is 0 Å². The molecule has 46 valence electrons. The van der Waals surface area contributed by atoms with Gasteiger partial charge in [0.1, 0.15) is 0 Å². The van der Waals surface area contributed by atoms with E-state index in [1.165, 1.54) is 13.0 Å². The molecule has 1 unspecified atom stereocenters. The standard InChI is InChI=1S/C7H13N/c1-7-3-5-8(2)6-4-7/h3,5,7H,4,6H2,1-2H3. The van der Waals surface area contributed by atoms with Crippen molar-refractivity contribution in [1.29, 1.82) is 0 Å². The molecule has 0 saturated carbocycles. The molecule has 0 aliphatic carbocycles. The molecule has 1 rings (SSSR count). The Morgan fingerprint density at radius 1 is 1.62 bits per heavy atom. The van der Waals surface area contributed by atoms with Crippen molar-refractivity contribution in [2.45, 2.75) is 13.3 Å². The summed E-state index contributed by atoms with van der Waals surface area (Å²) in [5.74, 6) is 0.797. The van der Waals surface area contributed by atoms with E-state index in [0.717, 1.165) is 5.92 Å². The Morgan fingerprint density at radius 3 is 2.75 bits per heavy atom. The second kappa shape index (κ2) is 2.21. The number of hydrogen-bond donors (Lipinski definition) is 0. The van der Waals surface area contributed by atoms with Crippen LogP contribution in [0.3, 0.4) is 0 Å². The molecule has 0 aromatic carbocycles. The Hall–Kier alpha value is -0.460. The minimum Gasteiger partial charge on any atom is -0.381 e. The van der Waals surface area contributed by atoms with Crippen molar-refractivity contribution in [2.24, 2.45) is 5.92 Å². The quantitative estimate of drug-likeness (QED) is 0.457. The zero-order valence-corrected chi connectivity index (χ0v) is 5.59. The minimum atomic E-state index is 0.797. The topological polar surface area (TPSA) is 3.24 Å². The van der Waals surface area contributed by atoms with Gasteiger partial charge < -0.3 is 4.90 Å². The van der Waals surface area contributed by atoms with Crippen molar-refractivity contribution in [3.63, 3.8) is 0 Å². The van der Waals surface area contributed by atoms with Gasteiger partial charge in [-0.1, -0.05) is 13.0 Å². The van der Waals surface area contributed by atoms with Crippen molar-refractivity contribution >= 4 is 0 Å². The highest BCUT2D eigenvalue weighted by Gasteiger charge is 2.03. The van der Waals surface area contributed by atoms with Crippen LogP contribution < -0.4 is 0 Å². The maximum Gasteiger partial charge on any atom is 0.0174 e. The molecule has 1 aliphatic heterocycles. The van der Waals surface area contributed by atoms with Crippen molar-refractivity contribution in [3.05, 3.63) is 12.3 Å². The Bertz CT molecular complexity index is 84.6. The highest BCUT2D eigenvalue weighted by Crippen LogP contribution is 2.09. The molecule has 0 amide bonds. The summed E-state index contributed by atoms with van der Waals surface area (Å²) >= 11 is 0. The van der Waals surface area contributed by atoms with Gasteiger partial charge in [-0.3, -0.25) is 0 Å². The summed E-state index contributed by atoms with van der Waals surface area (Å²) in [5, 5.41) is 0. The first-order valence-electron chi connectivity index (χ1n) is 3.17. The van der Waals surface area contributed by atoms with E-state index in [9.17, 15) is 0 Å². The van der Waals surface area contributed by atoms with Crippen LogP contribution >= 0.6 is 0 Å². The van der Waals surface area contributed by atoms with Crippen molar-refractivity contribution in [1.82, 2.24) is 4.90 Å². The van der Waals surface area contributed by atoms with Gasteiger partial charge in [-0.05, 0) is 18.5 Å². The summed E-state index contributed by atoms with van der Waals surface area (Å²) in [5.41, 5.74) is 0. The molecule has 0 spiro atoms. The molecule has 1 heterocycles. The molecule has 0 bridgehead atoms. The lowest BCUT2D eigenvalue weighted by molar-refractivity contribution is 0.388. The van der Waals surface area contributed by atoms with Crippen LogP contribution in [-0.4, -0.2) is 18.5 Å². The van der Waals surface area contributed by atoms with E-state index in [-0.39, 0.29) is 0 Å². The van der Waals surface area contributed by atoms with Crippen LogP contribution in [0.5, 0.6) is 0 Å². The number of nitrogens with zero attached hydrogens (tertiary/aromatic N) is 1. The van der Waals surface area contributed by atoms with Gasteiger partial charge >= 0.3 is 0 Å². The molecule has 0 fully saturated rings. The van der Waals surface area contributed by atoms with E-state index >= 15 is 0 Å². The van der Waals surface area contributed by atoms with Gasteiger partial charge in [-0.25, -0.2) is 0 Å². The van der Waals surface area contributed by atoms with Gasteiger partial charge in [-0.15, -0.1) is 0 Å². The highest BCUT2D eigenvalue weighted by molar-refractivity contribution is 4.90. The third-order valence-corrected chi connectivity index (χ3v) is 1.61. The van der Waals surface area contributed by atoms with Crippen molar-refractivity contribution in [3.8, 4) is 0 Å². The van der Waals surface area contributed by atoms with E-state index in [2.05, 4.69) is 31.1 Å². The second-order valence-electron chi connectivity index (χ2n) is 2.59. The normalized spacial score (nSPS) is 28.8. The molecular formula is C7H13N. The van der Waals surface area contributed by atoms with E-state index in [1.54, 1.807) is 0 Å². The Kier molecular flexibility index (Phi) is 1.56. The minimum absolute atomic E-state index is 0.797. The van der Waals surface area contributed by atoms with Gasteiger partial charge in [0.2, 0.25) is 0 Å². The maximum atomic E-state index is 2.25. The zero-order chi connectivity index (χ0) is 5.98. The third-order valence-electron chi connectivity index (χ3n) is 1.61. The van der Waals surface area contributed by atoms with E-state index < -0.39 is 0 Å². The molecule has 1 atom stereocenters. The largest absolute Gasteiger partial charge is 0.381 e. The fourth-order valence-corrected chi connectivity index (χ4v) is 0.872. The molecule has 8 heavy (non-hydrogen) atoms. The fraction of sp³-hybridized carbons (Fsp3) is 0.714. The van der Waals surface area contributed by atoms with Crippen molar-refractivity contribution < 1.29 is 0 Å². The van der Waals surface area contributed by atoms with Crippen LogP contribution in [0.25, 0.3) is 0 Å². The first kappa shape index (κ1) is 5.67. The molecule has 0 N–H and O–H groups in total. The summed E-state index contributed by atoms with van der Waals surface area (Å²) in [6.07, 6.45) is 5.73. The maximum absolute atomic E-state index is 2.25. The smallest absolute Gasteiger partial charge is 0.0174 e. The summed E-state index contributed by atoms with van der Waals surface area (Å²) < 4.78 is 0. The van der Waals surface area contributed by atoms with Crippen LogP contribution in [0.15, 0.2) is 12.3 Å². The average Bonchev–Trinajstić information content (AvgIpc) is 1.77. The van der Waals surface area contributed by atoms with Gasteiger partial charge in [0, 0.05) is 13.6 Å². The molecular weight excluding hydrogens is 98.1 g/mol. The third kappa shape index (κ3) is 1.25. The molecule has 0 saturated heterocycles. The highest BCUT2D eigenvalue weighted by atomic mass is 15.1. The van der Waals surface area contributed by atoms with Crippen LogP contribution in [-0.2, 0) is 0 Å². The number of hydrogen-bond acceptors (Lipinski definition) is 1. The molecule has 0 aromatic rings. The van der Waals surface area contributed by atoms with Crippen molar-refractivity contribution in [2.75, 3.05) is 13.6 Å². The summed E-state index contributed by atoms with van der Waals surface area (Å²) in [6, 6.07) is 0. The predicted molar refractivity (Wildman–Crippen MR) is 35.6 cm³/mol. The molecule has 1 aliphatic rings. The predicted octanol–water partition coefficient (Wildman–Crippen LogP) is 1.47. The average molecular weight is 111 g/mol. The fourth-order valence-electron chi connectivity index (χ4n) is 0.872. The molecule has 1 heteroatoms.